The predicted molar refractivity (Wildman–Crippen MR) is 148 cm³/mol. The zero-order chi connectivity index (χ0) is 24.9. The Bertz CT molecular complexity index is 1350. The summed E-state index contributed by atoms with van der Waals surface area (Å²) in [6, 6.07) is 16.3. The van der Waals surface area contributed by atoms with Crippen LogP contribution in [0.1, 0.15) is 18.1 Å². The average molecular weight is 613 g/mol. The van der Waals surface area contributed by atoms with Gasteiger partial charge in [0.15, 0.2) is 16.7 Å². The lowest BCUT2D eigenvalue weighted by Crippen LogP contribution is -2.19. The summed E-state index contributed by atoms with van der Waals surface area (Å²) in [5.74, 6) is 0.833. The molecule has 1 heterocycles. The summed E-state index contributed by atoms with van der Waals surface area (Å²) in [4.78, 5) is 17.5. The topological polar surface area (TPSA) is 59.9 Å². The van der Waals surface area contributed by atoms with Crippen LogP contribution in [0.3, 0.4) is 0 Å². The lowest BCUT2D eigenvalue weighted by molar-refractivity contribution is -0.115. The minimum absolute atomic E-state index is 0.264. The molecule has 1 saturated heterocycles. The quantitative estimate of drug-likeness (QED) is 0.273. The summed E-state index contributed by atoms with van der Waals surface area (Å²) >= 11 is 23.3. The van der Waals surface area contributed by atoms with Crippen molar-refractivity contribution in [3.8, 4) is 11.5 Å². The highest BCUT2D eigenvalue weighted by molar-refractivity contribution is 9.10. The Morgan fingerprint density at radius 2 is 1.83 bits per heavy atom. The van der Waals surface area contributed by atoms with E-state index in [0.29, 0.717) is 53.4 Å². The standard InChI is InChI=1S/C25H18BrCl3N2O3S/c1-2-33-20-11-14(10-16(26)23(20)34-13-15-6-3-4-7-17(15)27)12-21-24(32)31-25(35-21)30-19-9-5-8-18(28)22(19)29/h3-12H,2,13H2,1H3,(H,30,31,32)/b21-12+. The molecule has 3 aromatic carbocycles. The molecule has 4 rings (SSSR count). The fraction of sp³-hybridized carbons (Fsp3) is 0.120. The molecule has 1 amide bonds. The number of aliphatic imine (C=N–C) groups is 1. The third-order valence-corrected chi connectivity index (χ3v) is 7.44. The molecule has 0 unspecified atom stereocenters. The molecule has 0 atom stereocenters. The summed E-state index contributed by atoms with van der Waals surface area (Å²) < 4.78 is 12.5. The Balaban J connectivity index is 1.58. The third-order valence-electron chi connectivity index (χ3n) is 4.76. The number of benzene rings is 3. The first-order valence-corrected chi connectivity index (χ1v) is 13.2. The third kappa shape index (κ3) is 6.35. The second-order valence-corrected chi connectivity index (χ2v) is 10.3. The highest BCUT2D eigenvalue weighted by atomic mass is 79.9. The summed E-state index contributed by atoms with van der Waals surface area (Å²) in [5.41, 5.74) is 2.09. The SMILES string of the molecule is CCOc1cc(/C=C2/SC(=Nc3cccc(Cl)c3Cl)NC2=O)cc(Br)c1OCc1ccccc1Cl. The largest absolute Gasteiger partial charge is 0.490 e. The number of carbonyl (C=O) groups excluding carboxylic acids is 1. The molecule has 0 radical (unpaired) electrons. The number of ether oxygens (including phenoxy) is 2. The monoisotopic (exact) mass is 610 g/mol. The van der Waals surface area contributed by atoms with Crippen LogP contribution in [-0.2, 0) is 11.4 Å². The minimum atomic E-state index is -0.264. The van der Waals surface area contributed by atoms with Crippen LogP contribution < -0.4 is 14.8 Å². The molecule has 1 aliphatic rings. The molecule has 3 aromatic rings. The second-order valence-electron chi connectivity index (χ2n) is 7.20. The number of amides is 1. The molecule has 1 aliphatic heterocycles. The lowest BCUT2D eigenvalue weighted by Gasteiger charge is -2.15. The molecule has 0 aliphatic carbocycles. The maximum absolute atomic E-state index is 12.6. The van der Waals surface area contributed by atoms with E-state index in [4.69, 9.17) is 44.3 Å². The number of hydrogen-bond acceptors (Lipinski definition) is 5. The van der Waals surface area contributed by atoms with Gasteiger partial charge in [-0.25, -0.2) is 4.99 Å². The summed E-state index contributed by atoms with van der Waals surface area (Å²) in [5, 5.41) is 4.51. The molecule has 10 heteroatoms. The average Bonchev–Trinajstić information content (AvgIpc) is 3.16. The van der Waals surface area contributed by atoms with Crippen LogP contribution in [0.5, 0.6) is 11.5 Å². The molecule has 0 saturated carbocycles. The molecule has 0 bridgehead atoms. The molecular weight excluding hydrogens is 595 g/mol. The van der Waals surface area contributed by atoms with E-state index in [1.165, 1.54) is 11.8 Å². The van der Waals surface area contributed by atoms with E-state index in [1.54, 1.807) is 24.3 Å². The van der Waals surface area contributed by atoms with E-state index in [2.05, 4.69) is 26.2 Å². The molecule has 5 nitrogen and oxygen atoms in total. The first-order chi connectivity index (χ1) is 16.9. The molecule has 0 spiro atoms. The van der Waals surface area contributed by atoms with Crippen molar-refractivity contribution in [2.75, 3.05) is 6.61 Å². The fourth-order valence-electron chi connectivity index (χ4n) is 3.16. The van der Waals surface area contributed by atoms with E-state index in [1.807, 2.05) is 43.3 Å². The number of rotatable bonds is 7. The van der Waals surface area contributed by atoms with Crippen LogP contribution >= 0.6 is 62.5 Å². The first-order valence-electron chi connectivity index (χ1n) is 10.4. The Morgan fingerprint density at radius 1 is 1.06 bits per heavy atom. The van der Waals surface area contributed by atoms with Crippen LogP contribution in [0, 0.1) is 0 Å². The highest BCUT2D eigenvalue weighted by Crippen LogP contribution is 2.40. The number of thioether (sulfide) groups is 1. The first kappa shape index (κ1) is 25.9. The fourth-order valence-corrected chi connectivity index (χ4v) is 5.10. The lowest BCUT2D eigenvalue weighted by atomic mass is 10.1. The Kier molecular flexibility index (Phi) is 8.68. The minimum Gasteiger partial charge on any atom is -0.490 e. The van der Waals surface area contributed by atoms with Gasteiger partial charge in [0, 0.05) is 10.6 Å². The molecule has 1 fully saturated rings. The van der Waals surface area contributed by atoms with Gasteiger partial charge in [0.05, 0.1) is 31.7 Å². The van der Waals surface area contributed by atoms with E-state index in [0.717, 1.165) is 11.1 Å². The maximum atomic E-state index is 12.6. The number of nitrogens with zero attached hydrogens (tertiary/aromatic N) is 1. The van der Waals surface area contributed by atoms with E-state index < -0.39 is 0 Å². The van der Waals surface area contributed by atoms with Crippen molar-refractivity contribution in [3.05, 3.63) is 90.2 Å². The summed E-state index contributed by atoms with van der Waals surface area (Å²) in [6.07, 6.45) is 1.76. The Hall–Kier alpha value is -2.16. The van der Waals surface area contributed by atoms with E-state index >= 15 is 0 Å². The molecule has 180 valence electrons. The van der Waals surface area contributed by atoms with Crippen molar-refractivity contribution in [3.63, 3.8) is 0 Å². The Labute approximate surface area is 230 Å². The van der Waals surface area contributed by atoms with Crippen molar-refractivity contribution >= 4 is 85.3 Å². The van der Waals surface area contributed by atoms with Crippen molar-refractivity contribution in [1.29, 1.82) is 0 Å². The van der Waals surface area contributed by atoms with Crippen molar-refractivity contribution in [2.45, 2.75) is 13.5 Å². The number of amidine groups is 1. The molecular formula is C25H18BrCl3N2O3S. The predicted octanol–water partition coefficient (Wildman–Crippen LogP) is 8.28. The second kappa shape index (κ2) is 11.7. The van der Waals surface area contributed by atoms with Gasteiger partial charge in [0.2, 0.25) is 0 Å². The van der Waals surface area contributed by atoms with Gasteiger partial charge in [-0.3, -0.25) is 4.79 Å². The van der Waals surface area contributed by atoms with Gasteiger partial charge in [0.25, 0.3) is 5.91 Å². The highest BCUT2D eigenvalue weighted by Gasteiger charge is 2.25. The zero-order valence-electron chi connectivity index (χ0n) is 18.3. The van der Waals surface area contributed by atoms with Gasteiger partial charge in [-0.15, -0.1) is 0 Å². The van der Waals surface area contributed by atoms with Crippen molar-refractivity contribution in [2.24, 2.45) is 4.99 Å². The van der Waals surface area contributed by atoms with Gasteiger partial charge in [-0.1, -0.05) is 59.1 Å². The summed E-state index contributed by atoms with van der Waals surface area (Å²) in [6.45, 7) is 2.62. The number of halogens is 4. The van der Waals surface area contributed by atoms with Crippen molar-refractivity contribution in [1.82, 2.24) is 5.32 Å². The Morgan fingerprint density at radius 3 is 2.60 bits per heavy atom. The number of carbonyl (C=O) groups is 1. The van der Waals surface area contributed by atoms with Gasteiger partial charge < -0.3 is 14.8 Å². The number of hydrogen-bond donors (Lipinski definition) is 1. The van der Waals surface area contributed by atoms with E-state index in [9.17, 15) is 4.79 Å². The maximum Gasteiger partial charge on any atom is 0.264 e. The van der Waals surface area contributed by atoms with Crippen LogP contribution in [0.4, 0.5) is 5.69 Å². The van der Waals surface area contributed by atoms with E-state index in [-0.39, 0.29) is 12.5 Å². The smallest absolute Gasteiger partial charge is 0.264 e. The zero-order valence-corrected chi connectivity index (χ0v) is 23.0. The molecule has 1 N–H and O–H groups in total. The molecule has 0 aromatic heterocycles. The summed E-state index contributed by atoms with van der Waals surface area (Å²) in [7, 11) is 0. The van der Waals surface area contributed by atoms with Crippen LogP contribution in [0.15, 0.2) is 69.0 Å². The van der Waals surface area contributed by atoms with Gasteiger partial charge in [-0.05, 0) is 76.6 Å². The van der Waals surface area contributed by atoms with Crippen LogP contribution in [0.25, 0.3) is 6.08 Å². The number of nitrogens with one attached hydrogen (secondary N) is 1. The van der Waals surface area contributed by atoms with Gasteiger partial charge in [0.1, 0.15) is 6.61 Å². The van der Waals surface area contributed by atoms with Gasteiger partial charge in [-0.2, -0.15) is 0 Å². The van der Waals surface area contributed by atoms with Crippen LogP contribution in [0.2, 0.25) is 15.1 Å². The van der Waals surface area contributed by atoms with Crippen LogP contribution in [-0.4, -0.2) is 17.7 Å². The molecule has 35 heavy (non-hydrogen) atoms. The van der Waals surface area contributed by atoms with Gasteiger partial charge >= 0.3 is 0 Å². The normalized spacial score (nSPS) is 15.5. The van der Waals surface area contributed by atoms with Crippen molar-refractivity contribution < 1.29 is 14.3 Å².